The van der Waals surface area contributed by atoms with E-state index in [2.05, 4.69) is 9.47 Å². The minimum Gasteiger partial charge on any atom is -0.435 e. The van der Waals surface area contributed by atoms with Crippen molar-refractivity contribution in [3.63, 3.8) is 0 Å². The van der Waals surface area contributed by atoms with Crippen molar-refractivity contribution in [3.05, 3.63) is 64.7 Å². The van der Waals surface area contributed by atoms with Crippen LogP contribution in [0, 0.1) is 0 Å². The third kappa shape index (κ3) is 6.70. The van der Waals surface area contributed by atoms with Crippen molar-refractivity contribution in [2.75, 3.05) is 20.7 Å². The van der Waals surface area contributed by atoms with Crippen molar-refractivity contribution in [2.24, 2.45) is 0 Å². The molecule has 0 heterocycles. The third-order valence-corrected chi connectivity index (χ3v) is 4.72. The second-order valence-corrected chi connectivity index (χ2v) is 7.60. The Hall–Kier alpha value is -3.61. The molecule has 0 aliphatic rings. The number of carbonyl (C=O) groups excluding carboxylic acids is 4. The largest absolute Gasteiger partial charge is 0.435 e. The minimum absolute atomic E-state index is 0.0996. The maximum Gasteiger partial charge on any atom is 0.341 e. The van der Waals surface area contributed by atoms with E-state index >= 15 is 0 Å². The Morgan fingerprint density at radius 1 is 0.750 bits per heavy atom. The van der Waals surface area contributed by atoms with E-state index in [0.29, 0.717) is 5.56 Å². The summed E-state index contributed by atoms with van der Waals surface area (Å²) in [6, 6.07) is 8.11. The number of rotatable bonds is 9. The van der Waals surface area contributed by atoms with Crippen LogP contribution < -0.4 is 0 Å². The van der Waals surface area contributed by atoms with Gasteiger partial charge in [-0.1, -0.05) is 12.1 Å². The molecule has 2 aromatic carbocycles. The quantitative estimate of drug-likeness (QED) is 0.249. The van der Waals surface area contributed by atoms with E-state index in [0.717, 1.165) is 18.2 Å². The van der Waals surface area contributed by atoms with Gasteiger partial charge in [-0.05, 0) is 37.3 Å². The van der Waals surface area contributed by atoms with Gasteiger partial charge in [0.1, 0.15) is 0 Å². The fraction of sp³-hybridized carbons (Fsp3) is 0.200. The van der Waals surface area contributed by atoms with Crippen LogP contribution in [-0.4, -0.2) is 57.4 Å². The maximum absolute atomic E-state index is 12.2. The van der Waals surface area contributed by atoms with Crippen LogP contribution in [0.2, 0.25) is 0 Å². The standard InChI is InChI=1S/C20H18O11S/c1-12(21)13-3-5-14(6-4-13)18(22)30-11-31-20(24)16-7-15(19(23)29-10-28-2)8-17(9-16)32(25,26)27/h3-9H,10-11H2,1-2H3,(H,25,26,27). The van der Waals surface area contributed by atoms with Gasteiger partial charge in [-0.2, -0.15) is 8.42 Å². The summed E-state index contributed by atoms with van der Waals surface area (Å²) >= 11 is 0. The van der Waals surface area contributed by atoms with Crippen LogP contribution in [0.1, 0.15) is 48.4 Å². The van der Waals surface area contributed by atoms with Gasteiger partial charge >= 0.3 is 17.9 Å². The third-order valence-electron chi connectivity index (χ3n) is 3.89. The highest BCUT2D eigenvalue weighted by atomic mass is 32.2. The van der Waals surface area contributed by atoms with Crippen LogP contribution in [0.4, 0.5) is 0 Å². The Morgan fingerprint density at radius 2 is 1.19 bits per heavy atom. The Labute approximate surface area is 182 Å². The number of methoxy groups -OCH3 is 1. The zero-order valence-corrected chi connectivity index (χ0v) is 17.7. The Balaban J connectivity index is 2.10. The van der Waals surface area contributed by atoms with E-state index in [4.69, 9.17) is 9.47 Å². The minimum atomic E-state index is -4.77. The molecule has 0 spiro atoms. The molecule has 0 aliphatic heterocycles. The number of benzene rings is 2. The molecule has 1 N–H and O–H groups in total. The average molecular weight is 466 g/mol. The van der Waals surface area contributed by atoms with Crippen LogP contribution in [0.5, 0.6) is 0 Å². The average Bonchev–Trinajstić information content (AvgIpc) is 2.76. The zero-order chi connectivity index (χ0) is 23.9. The van der Waals surface area contributed by atoms with Crippen molar-refractivity contribution in [1.82, 2.24) is 0 Å². The van der Waals surface area contributed by atoms with Gasteiger partial charge in [0.25, 0.3) is 10.1 Å². The molecule has 0 atom stereocenters. The SMILES string of the molecule is COCOC(=O)c1cc(C(=O)OCOC(=O)c2ccc(C(C)=O)cc2)cc(S(=O)(=O)O)c1. The van der Waals surface area contributed by atoms with Crippen molar-refractivity contribution in [1.29, 1.82) is 0 Å². The molecule has 0 bridgehead atoms. The van der Waals surface area contributed by atoms with Crippen molar-refractivity contribution in [3.8, 4) is 0 Å². The first-order chi connectivity index (χ1) is 15.0. The number of hydrogen-bond acceptors (Lipinski definition) is 10. The molecule has 32 heavy (non-hydrogen) atoms. The molecule has 170 valence electrons. The van der Waals surface area contributed by atoms with Crippen LogP contribution >= 0.6 is 0 Å². The summed E-state index contributed by atoms with van der Waals surface area (Å²) in [5.41, 5.74) is -0.299. The summed E-state index contributed by atoms with van der Waals surface area (Å²) in [6.07, 6.45) is 0. The predicted octanol–water partition coefficient (Wildman–Crippen LogP) is 1.87. The van der Waals surface area contributed by atoms with Crippen LogP contribution in [-0.2, 0) is 29.1 Å². The molecule has 0 amide bonds. The molecule has 0 radical (unpaired) electrons. The zero-order valence-electron chi connectivity index (χ0n) is 16.9. The smallest absolute Gasteiger partial charge is 0.341 e. The van der Waals surface area contributed by atoms with E-state index in [-0.39, 0.29) is 16.9 Å². The van der Waals surface area contributed by atoms with E-state index in [9.17, 15) is 32.1 Å². The number of esters is 3. The highest BCUT2D eigenvalue weighted by Crippen LogP contribution is 2.17. The number of Topliss-reactive ketones (excluding diaryl/α,β-unsaturated/α-hetero) is 1. The lowest BCUT2D eigenvalue weighted by Gasteiger charge is -2.09. The predicted molar refractivity (Wildman–Crippen MR) is 106 cm³/mol. The van der Waals surface area contributed by atoms with Crippen molar-refractivity contribution in [2.45, 2.75) is 11.8 Å². The van der Waals surface area contributed by atoms with Gasteiger partial charge in [-0.25, -0.2) is 14.4 Å². The van der Waals surface area contributed by atoms with E-state index < -0.39 is 52.1 Å². The second-order valence-electron chi connectivity index (χ2n) is 6.17. The normalized spacial score (nSPS) is 10.8. The van der Waals surface area contributed by atoms with Crippen LogP contribution in [0.25, 0.3) is 0 Å². The summed E-state index contributed by atoms with van der Waals surface area (Å²) in [7, 11) is -3.52. The number of ketones is 1. The topological polar surface area (TPSA) is 160 Å². The van der Waals surface area contributed by atoms with Gasteiger partial charge in [0.2, 0.25) is 6.79 Å². The van der Waals surface area contributed by atoms with E-state index in [1.165, 1.54) is 38.3 Å². The summed E-state index contributed by atoms with van der Waals surface area (Å²) in [6.45, 7) is 0.107. The monoisotopic (exact) mass is 466 g/mol. The molecular weight excluding hydrogens is 448 g/mol. The Morgan fingerprint density at radius 3 is 1.62 bits per heavy atom. The molecule has 2 rings (SSSR count). The van der Waals surface area contributed by atoms with Gasteiger partial charge in [0.05, 0.1) is 21.6 Å². The molecule has 2 aromatic rings. The lowest BCUT2D eigenvalue weighted by atomic mass is 10.1. The van der Waals surface area contributed by atoms with E-state index in [1.54, 1.807) is 0 Å². The molecule has 12 heteroatoms. The van der Waals surface area contributed by atoms with Crippen LogP contribution in [0.3, 0.4) is 0 Å². The first-order valence-electron chi connectivity index (χ1n) is 8.77. The summed E-state index contributed by atoms with van der Waals surface area (Å²) < 4.78 is 51.0. The number of carbonyl (C=O) groups is 4. The van der Waals surface area contributed by atoms with E-state index in [1.807, 2.05) is 0 Å². The molecule has 0 saturated carbocycles. The van der Waals surface area contributed by atoms with Crippen LogP contribution in [0.15, 0.2) is 47.4 Å². The molecular formula is C20H18O11S. The molecule has 11 nitrogen and oxygen atoms in total. The summed E-state index contributed by atoms with van der Waals surface area (Å²) in [4.78, 5) is 46.7. The highest BCUT2D eigenvalue weighted by molar-refractivity contribution is 7.85. The molecule has 0 saturated heterocycles. The van der Waals surface area contributed by atoms with Gasteiger partial charge < -0.3 is 18.9 Å². The first kappa shape index (κ1) is 24.7. The Kier molecular flexibility index (Phi) is 8.18. The molecule has 0 aliphatic carbocycles. The fourth-order valence-corrected chi connectivity index (χ4v) is 2.88. The fourth-order valence-electron chi connectivity index (χ4n) is 2.32. The summed E-state index contributed by atoms with van der Waals surface area (Å²) in [5, 5.41) is 0. The summed E-state index contributed by atoms with van der Waals surface area (Å²) in [5.74, 6) is -3.19. The van der Waals surface area contributed by atoms with Crippen molar-refractivity contribution < 1.29 is 51.1 Å². The first-order valence-corrected chi connectivity index (χ1v) is 10.2. The lowest BCUT2D eigenvalue weighted by molar-refractivity contribution is -0.0168. The number of ether oxygens (including phenoxy) is 4. The second kappa shape index (κ2) is 10.6. The lowest BCUT2D eigenvalue weighted by Crippen LogP contribution is -2.15. The van der Waals surface area contributed by atoms with Gasteiger partial charge in [-0.15, -0.1) is 0 Å². The maximum atomic E-state index is 12.2. The molecule has 0 fully saturated rings. The molecule has 0 unspecified atom stereocenters. The van der Waals surface area contributed by atoms with Gasteiger partial charge in [0.15, 0.2) is 12.6 Å². The van der Waals surface area contributed by atoms with Gasteiger partial charge in [0, 0.05) is 12.7 Å². The number of hydrogen-bond donors (Lipinski definition) is 1. The van der Waals surface area contributed by atoms with Crippen molar-refractivity contribution >= 4 is 33.8 Å². The highest BCUT2D eigenvalue weighted by Gasteiger charge is 2.20. The Bertz CT molecular complexity index is 1130. The molecule has 0 aromatic heterocycles. The van der Waals surface area contributed by atoms with Gasteiger partial charge in [-0.3, -0.25) is 9.35 Å².